The smallest absolute Gasteiger partial charge is 0.344 e. The standard InChI is InChI=1S/C26H25NO5/c1-16(2)19-9-6-7-17(3)26(19)27-24(28)14-31-25(29)15-30-18-11-12-23-21(13-18)20-8-4-5-10-22(20)32-23/h4-13,16H,14-15H2,1-3H3,(H,27,28). The fraction of sp³-hybridized carbons (Fsp3) is 0.231. The van der Waals surface area contributed by atoms with Gasteiger partial charge in [0.1, 0.15) is 16.9 Å². The van der Waals surface area contributed by atoms with Crippen LogP contribution in [-0.4, -0.2) is 25.1 Å². The monoisotopic (exact) mass is 431 g/mol. The fourth-order valence-electron chi connectivity index (χ4n) is 3.64. The van der Waals surface area contributed by atoms with Crippen molar-refractivity contribution in [1.29, 1.82) is 0 Å². The Bertz CT molecular complexity index is 1290. The molecule has 0 saturated carbocycles. The van der Waals surface area contributed by atoms with E-state index in [-0.39, 0.29) is 25.0 Å². The summed E-state index contributed by atoms with van der Waals surface area (Å²) in [4.78, 5) is 24.4. The molecule has 0 bridgehead atoms. The van der Waals surface area contributed by atoms with E-state index in [2.05, 4.69) is 19.2 Å². The van der Waals surface area contributed by atoms with Crippen molar-refractivity contribution in [3.63, 3.8) is 0 Å². The van der Waals surface area contributed by atoms with Crippen LogP contribution in [0.5, 0.6) is 5.75 Å². The molecule has 32 heavy (non-hydrogen) atoms. The number of benzene rings is 3. The van der Waals surface area contributed by atoms with E-state index >= 15 is 0 Å². The summed E-state index contributed by atoms with van der Waals surface area (Å²) in [7, 11) is 0. The molecular formula is C26H25NO5. The Labute approximate surface area is 186 Å². The van der Waals surface area contributed by atoms with Crippen molar-refractivity contribution in [3.05, 3.63) is 71.8 Å². The summed E-state index contributed by atoms with van der Waals surface area (Å²) in [6.45, 7) is 5.38. The third kappa shape index (κ3) is 4.59. The molecule has 0 aliphatic carbocycles. The molecule has 6 heteroatoms. The highest BCUT2D eigenvalue weighted by atomic mass is 16.6. The maximum Gasteiger partial charge on any atom is 0.344 e. The van der Waals surface area contributed by atoms with E-state index in [0.29, 0.717) is 5.75 Å². The first-order chi connectivity index (χ1) is 15.4. The van der Waals surface area contributed by atoms with Crippen molar-refractivity contribution < 1.29 is 23.5 Å². The average Bonchev–Trinajstić information content (AvgIpc) is 3.15. The quantitative estimate of drug-likeness (QED) is 0.387. The largest absolute Gasteiger partial charge is 0.482 e. The minimum atomic E-state index is -0.619. The molecule has 0 aliphatic rings. The lowest BCUT2D eigenvalue weighted by atomic mass is 9.98. The first kappa shape index (κ1) is 21.4. The van der Waals surface area contributed by atoms with Gasteiger partial charge < -0.3 is 19.2 Å². The van der Waals surface area contributed by atoms with Crippen LogP contribution >= 0.6 is 0 Å². The van der Waals surface area contributed by atoms with E-state index in [9.17, 15) is 9.59 Å². The van der Waals surface area contributed by atoms with Crippen molar-refractivity contribution >= 4 is 39.5 Å². The number of fused-ring (bicyclic) bond motifs is 3. The SMILES string of the molecule is Cc1cccc(C(C)C)c1NC(=O)COC(=O)COc1ccc2oc3ccccc3c2c1. The van der Waals surface area contributed by atoms with Gasteiger partial charge in [-0.1, -0.05) is 50.2 Å². The van der Waals surface area contributed by atoms with Crippen molar-refractivity contribution in [3.8, 4) is 5.75 Å². The number of rotatable bonds is 7. The first-order valence-corrected chi connectivity index (χ1v) is 10.5. The topological polar surface area (TPSA) is 77.8 Å². The predicted octanol–water partition coefficient (Wildman–Crippen LogP) is 5.58. The normalized spacial score (nSPS) is 11.1. The molecule has 0 atom stereocenters. The zero-order chi connectivity index (χ0) is 22.7. The lowest BCUT2D eigenvalue weighted by Gasteiger charge is -2.16. The third-order valence-electron chi connectivity index (χ3n) is 5.26. The van der Waals surface area contributed by atoms with Crippen LogP contribution < -0.4 is 10.1 Å². The van der Waals surface area contributed by atoms with Crippen LogP contribution in [0.15, 0.2) is 65.1 Å². The van der Waals surface area contributed by atoms with Gasteiger partial charge in [0.25, 0.3) is 5.91 Å². The number of para-hydroxylation sites is 2. The van der Waals surface area contributed by atoms with Crippen molar-refractivity contribution in [2.45, 2.75) is 26.7 Å². The number of furan rings is 1. The Hall–Kier alpha value is -3.80. The molecule has 1 amide bonds. The highest BCUT2D eigenvalue weighted by molar-refractivity contribution is 6.05. The maximum atomic E-state index is 12.3. The number of hydrogen-bond acceptors (Lipinski definition) is 5. The summed E-state index contributed by atoms with van der Waals surface area (Å²) in [5.74, 6) is -0.232. The van der Waals surface area contributed by atoms with Crippen LogP contribution in [0.1, 0.15) is 30.9 Å². The Morgan fingerprint density at radius 3 is 2.53 bits per heavy atom. The van der Waals surface area contributed by atoms with Gasteiger partial charge in [0.2, 0.25) is 0 Å². The van der Waals surface area contributed by atoms with Crippen molar-refractivity contribution in [2.75, 3.05) is 18.5 Å². The highest BCUT2D eigenvalue weighted by Crippen LogP contribution is 2.31. The summed E-state index contributed by atoms with van der Waals surface area (Å²) < 4.78 is 16.4. The van der Waals surface area contributed by atoms with Gasteiger partial charge >= 0.3 is 5.97 Å². The number of carbonyl (C=O) groups excluding carboxylic acids is 2. The maximum absolute atomic E-state index is 12.3. The van der Waals surface area contributed by atoms with E-state index in [4.69, 9.17) is 13.9 Å². The molecule has 164 valence electrons. The first-order valence-electron chi connectivity index (χ1n) is 10.5. The van der Waals surface area contributed by atoms with Crippen LogP contribution in [0.4, 0.5) is 5.69 Å². The molecular weight excluding hydrogens is 406 g/mol. The molecule has 1 N–H and O–H groups in total. The van der Waals surface area contributed by atoms with Crippen LogP contribution in [0.3, 0.4) is 0 Å². The molecule has 0 radical (unpaired) electrons. The minimum Gasteiger partial charge on any atom is -0.482 e. The second kappa shape index (κ2) is 9.14. The van der Waals surface area contributed by atoms with E-state index < -0.39 is 5.97 Å². The molecule has 0 saturated heterocycles. The van der Waals surface area contributed by atoms with Crippen molar-refractivity contribution in [2.24, 2.45) is 0 Å². The lowest BCUT2D eigenvalue weighted by Crippen LogP contribution is -2.24. The third-order valence-corrected chi connectivity index (χ3v) is 5.26. The zero-order valence-electron chi connectivity index (χ0n) is 18.3. The zero-order valence-corrected chi connectivity index (χ0v) is 18.3. The number of ether oxygens (including phenoxy) is 2. The van der Waals surface area contributed by atoms with Gasteiger partial charge in [0.05, 0.1) is 0 Å². The molecule has 4 aromatic rings. The van der Waals surface area contributed by atoms with Gasteiger partial charge in [-0.15, -0.1) is 0 Å². The van der Waals surface area contributed by atoms with Gasteiger partial charge in [0, 0.05) is 16.5 Å². The van der Waals surface area contributed by atoms with Crippen LogP contribution in [0.2, 0.25) is 0 Å². The number of nitrogens with one attached hydrogen (secondary N) is 1. The molecule has 6 nitrogen and oxygen atoms in total. The van der Waals surface area contributed by atoms with Crippen LogP contribution in [0, 0.1) is 6.92 Å². The molecule has 0 fully saturated rings. The number of amides is 1. The fourth-order valence-corrected chi connectivity index (χ4v) is 3.64. The van der Waals surface area contributed by atoms with Gasteiger partial charge in [0.15, 0.2) is 13.2 Å². The van der Waals surface area contributed by atoms with E-state index in [1.807, 2.05) is 55.5 Å². The van der Waals surface area contributed by atoms with Crippen LogP contribution in [0.25, 0.3) is 21.9 Å². The second-order valence-corrected chi connectivity index (χ2v) is 7.95. The Balaban J connectivity index is 1.33. The number of anilines is 1. The summed E-state index contributed by atoms with van der Waals surface area (Å²) in [5.41, 5.74) is 4.30. The Morgan fingerprint density at radius 1 is 0.938 bits per heavy atom. The van der Waals surface area contributed by atoms with Crippen molar-refractivity contribution in [1.82, 2.24) is 0 Å². The number of esters is 1. The Kier molecular flexibility index (Phi) is 6.12. The molecule has 0 spiro atoms. The summed E-state index contributed by atoms with van der Waals surface area (Å²) in [5, 5.41) is 4.74. The van der Waals surface area contributed by atoms with Gasteiger partial charge in [-0.05, 0) is 48.2 Å². The molecule has 4 rings (SSSR count). The van der Waals surface area contributed by atoms with E-state index in [0.717, 1.165) is 38.8 Å². The van der Waals surface area contributed by atoms with Crippen LogP contribution in [-0.2, 0) is 14.3 Å². The number of hydrogen-bond donors (Lipinski definition) is 1. The average molecular weight is 431 g/mol. The molecule has 0 unspecified atom stereocenters. The lowest BCUT2D eigenvalue weighted by molar-refractivity contribution is -0.149. The predicted molar refractivity (Wildman–Crippen MR) is 124 cm³/mol. The summed E-state index contributed by atoms with van der Waals surface area (Å²) in [6, 6.07) is 19.0. The molecule has 3 aromatic carbocycles. The van der Waals surface area contributed by atoms with Gasteiger partial charge in [-0.3, -0.25) is 4.79 Å². The Morgan fingerprint density at radius 2 is 1.72 bits per heavy atom. The molecule has 0 aliphatic heterocycles. The summed E-state index contributed by atoms with van der Waals surface area (Å²) in [6.07, 6.45) is 0. The highest BCUT2D eigenvalue weighted by Gasteiger charge is 2.14. The summed E-state index contributed by atoms with van der Waals surface area (Å²) >= 11 is 0. The second-order valence-electron chi connectivity index (χ2n) is 7.95. The molecule has 1 aromatic heterocycles. The number of carbonyl (C=O) groups is 2. The minimum absolute atomic E-state index is 0.255. The van der Waals surface area contributed by atoms with Gasteiger partial charge in [-0.2, -0.15) is 0 Å². The van der Waals surface area contributed by atoms with Gasteiger partial charge in [-0.25, -0.2) is 4.79 Å². The van der Waals surface area contributed by atoms with E-state index in [1.54, 1.807) is 12.1 Å². The number of aryl methyl sites for hydroxylation is 1. The van der Waals surface area contributed by atoms with E-state index in [1.165, 1.54) is 0 Å². The molecule has 1 heterocycles.